The summed E-state index contributed by atoms with van der Waals surface area (Å²) in [7, 11) is 1.38. The van der Waals surface area contributed by atoms with Crippen molar-refractivity contribution in [2.45, 2.75) is 19.3 Å². The van der Waals surface area contributed by atoms with Crippen LogP contribution >= 0.6 is 0 Å². The van der Waals surface area contributed by atoms with Gasteiger partial charge in [0.2, 0.25) is 0 Å². The predicted molar refractivity (Wildman–Crippen MR) is 60.0 cm³/mol. The van der Waals surface area contributed by atoms with Crippen molar-refractivity contribution in [3.63, 3.8) is 0 Å². The van der Waals surface area contributed by atoms with Crippen LogP contribution in [0.5, 0.6) is 0 Å². The summed E-state index contributed by atoms with van der Waals surface area (Å²) in [5.41, 5.74) is 1.26. The highest BCUT2D eigenvalue weighted by Crippen LogP contribution is 2.01. The van der Waals surface area contributed by atoms with Crippen LogP contribution in [0.1, 0.15) is 18.4 Å². The number of ether oxygens (including phenoxy) is 2. The highest BCUT2D eigenvalue weighted by Gasteiger charge is 1.99. The lowest BCUT2D eigenvalue weighted by Gasteiger charge is -2.03. The fourth-order valence-corrected chi connectivity index (χ4v) is 1.29. The molecule has 16 heavy (non-hydrogen) atoms. The average molecular weight is 223 g/mol. The summed E-state index contributed by atoms with van der Waals surface area (Å²) in [4.78, 5) is 14.7. The third kappa shape index (κ3) is 5.46. The number of carbonyl (C=O) groups excluding carboxylic acids is 1. The van der Waals surface area contributed by atoms with Crippen molar-refractivity contribution in [1.29, 1.82) is 0 Å². The average Bonchev–Trinajstić information content (AvgIpc) is 2.34. The van der Waals surface area contributed by atoms with Crippen LogP contribution in [-0.4, -0.2) is 31.3 Å². The zero-order valence-electron chi connectivity index (χ0n) is 9.52. The van der Waals surface area contributed by atoms with Gasteiger partial charge in [-0.05, 0) is 30.5 Å². The molecule has 4 nitrogen and oxygen atoms in total. The first kappa shape index (κ1) is 12.6. The molecule has 0 saturated heterocycles. The molecule has 0 aromatic carbocycles. The molecule has 0 N–H and O–H groups in total. The number of methoxy groups -OCH3 is 1. The molecule has 4 heteroatoms. The van der Waals surface area contributed by atoms with Gasteiger partial charge in [0.1, 0.15) is 0 Å². The van der Waals surface area contributed by atoms with Gasteiger partial charge in [0.05, 0.1) is 20.1 Å². The van der Waals surface area contributed by atoms with Crippen molar-refractivity contribution >= 4 is 5.97 Å². The fourth-order valence-electron chi connectivity index (χ4n) is 1.29. The first-order valence-electron chi connectivity index (χ1n) is 5.36. The maximum absolute atomic E-state index is 10.8. The standard InChI is InChI=1S/C12H17NO3/c1-15-12(14)6-10-16-9-2-3-11-4-7-13-8-5-11/h4-5,7-8H,2-3,6,9-10H2,1H3. The van der Waals surface area contributed by atoms with Crippen LogP contribution in [0.2, 0.25) is 0 Å². The van der Waals surface area contributed by atoms with Crippen LogP contribution in [0.4, 0.5) is 0 Å². The van der Waals surface area contributed by atoms with E-state index in [1.54, 1.807) is 12.4 Å². The minimum atomic E-state index is -0.228. The molecule has 0 aliphatic heterocycles. The maximum atomic E-state index is 10.8. The molecule has 0 radical (unpaired) electrons. The van der Waals surface area contributed by atoms with Crippen molar-refractivity contribution in [2.75, 3.05) is 20.3 Å². The van der Waals surface area contributed by atoms with Crippen LogP contribution in [0, 0.1) is 0 Å². The molecule has 0 atom stereocenters. The lowest BCUT2D eigenvalue weighted by atomic mass is 10.1. The number of carbonyl (C=O) groups is 1. The maximum Gasteiger partial charge on any atom is 0.307 e. The van der Waals surface area contributed by atoms with E-state index in [1.165, 1.54) is 12.7 Å². The van der Waals surface area contributed by atoms with Gasteiger partial charge in [-0.2, -0.15) is 0 Å². The largest absolute Gasteiger partial charge is 0.469 e. The molecule has 0 fully saturated rings. The van der Waals surface area contributed by atoms with E-state index in [1.807, 2.05) is 12.1 Å². The topological polar surface area (TPSA) is 48.4 Å². The SMILES string of the molecule is COC(=O)CCOCCCc1ccncc1. The Morgan fingerprint density at radius 1 is 1.31 bits per heavy atom. The lowest BCUT2D eigenvalue weighted by molar-refractivity contribution is -0.141. The van der Waals surface area contributed by atoms with Crippen molar-refractivity contribution in [3.8, 4) is 0 Å². The van der Waals surface area contributed by atoms with Crippen molar-refractivity contribution in [2.24, 2.45) is 0 Å². The molecular weight excluding hydrogens is 206 g/mol. The zero-order valence-corrected chi connectivity index (χ0v) is 9.52. The normalized spacial score (nSPS) is 10.1. The molecule has 0 aliphatic carbocycles. The number of aryl methyl sites for hydroxylation is 1. The second-order valence-corrected chi connectivity index (χ2v) is 3.40. The number of pyridine rings is 1. The summed E-state index contributed by atoms with van der Waals surface area (Å²) < 4.78 is 9.81. The quantitative estimate of drug-likeness (QED) is 0.520. The Hall–Kier alpha value is -1.42. The number of rotatable bonds is 7. The third-order valence-corrected chi connectivity index (χ3v) is 2.18. The van der Waals surface area contributed by atoms with Crippen LogP contribution in [0.25, 0.3) is 0 Å². The number of aromatic nitrogens is 1. The van der Waals surface area contributed by atoms with Gasteiger partial charge in [0, 0.05) is 19.0 Å². The third-order valence-electron chi connectivity index (χ3n) is 2.18. The molecule has 0 spiro atoms. The molecule has 0 amide bonds. The number of nitrogens with zero attached hydrogens (tertiary/aromatic N) is 1. The summed E-state index contributed by atoms with van der Waals surface area (Å²) in [6, 6.07) is 3.99. The van der Waals surface area contributed by atoms with Crippen molar-refractivity contribution in [3.05, 3.63) is 30.1 Å². The number of esters is 1. The number of hydrogen-bond donors (Lipinski definition) is 0. The van der Waals surface area contributed by atoms with E-state index in [2.05, 4.69) is 9.72 Å². The van der Waals surface area contributed by atoms with Crippen LogP contribution in [-0.2, 0) is 20.7 Å². The Kier molecular flexibility index (Phi) is 6.18. The first-order chi connectivity index (χ1) is 7.83. The van der Waals surface area contributed by atoms with E-state index in [-0.39, 0.29) is 5.97 Å². The number of hydrogen-bond acceptors (Lipinski definition) is 4. The van der Waals surface area contributed by atoms with Gasteiger partial charge >= 0.3 is 5.97 Å². The summed E-state index contributed by atoms with van der Waals surface area (Å²) in [6.07, 6.45) is 5.82. The summed E-state index contributed by atoms with van der Waals surface area (Å²) in [5, 5.41) is 0. The second kappa shape index (κ2) is 7.82. The monoisotopic (exact) mass is 223 g/mol. The van der Waals surface area contributed by atoms with Gasteiger partial charge in [-0.15, -0.1) is 0 Å². The van der Waals surface area contributed by atoms with Gasteiger partial charge in [0.25, 0.3) is 0 Å². The Labute approximate surface area is 95.6 Å². The summed E-state index contributed by atoms with van der Waals surface area (Å²) in [5.74, 6) is -0.228. The van der Waals surface area contributed by atoms with Gasteiger partial charge in [-0.3, -0.25) is 9.78 Å². The minimum absolute atomic E-state index is 0.228. The molecule has 88 valence electrons. The Balaban J connectivity index is 1.98. The van der Waals surface area contributed by atoms with E-state index >= 15 is 0 Å². The Morgan fingerprint density at radius 3 is 2.75 bits per heavy atom. The van der Waals surface area contributed by atoms with Crippen molar-refractivity contribution in [1.82, 2.24) is 4.98 Å². The minimum Gasteiger partial charge on any atom is -0.469 e. The molecule has 1 heterocycles. The predicted octanol–water partition coefficient (Wildman–Crippen LogP) is 1.59. The molecule has 0 saturated carbocycles. The van der Waals surface area contributed by atoms with Crippen LogP contribution < -0.4 is 0 Å². The van der Waals surface area contributed by atoms with E-state index in [9.17, 15) is 4.79 Å². The lowest BCUT2D eigenvalue weighted by Crippen LogP contribution is -2.06. The molecule has 0 bridgehead atoms. The highest BCUT2D eigenvalue weighted by molar-refractivity contribution is 5.69. The van der Waals surface area contributed by atoms with Crippen LogP contribution in [0.15, 0.2) is 24.5 Å². The van der Waals surface area contributed by atoms with E-state index in [0.717, 1.165) is 12.8 Å². The Morgan fingerprint density at radius 2 is 2.06 bits per heavy atom. The fraction of sp³-hybridized carbons (Fsp3) is 0.500. The van der Waals surface area contributed by atoms with Crippen molar-refractivity contribution < 1.29 is 14.3 Å². The van der Waals surface area contributed by atoms with E-state index in [0.29, 0.717) is 19.6 Å². The Bertz CT molecular complexity index is 300. The van der Waals surface area contributed by atoms with Gasteiger partial charge in [-0.1, -0.05) is 0 Å². The molecule has 1 aromatic rings. The van der Waals surface area contributed by atoms with Gasteiger partial charge in [-0.25, -0.2) is 0 Å². The molecule has 0 aliphatic rings. The molecule has 1 rings (SSSR count). The van der Waals surface area contributed by atoms with Crippen LogP contribution in [0.3, 0.4) is 0 Å². The smallest absolute Gasteiger partial charge is 0.307 e. The van der Waals surface area contributed by atoms with E-state index < -0.39 is 0 Å². The molecule has 1 aromatic heterocycles. The molecule has 0 unspecified atom stereocenters. The van der Waals surface area contributed by atoms with Gasteiger partial charge in [0.15, 0.2) is 0 Å². The first-order valence-corrected chi connectivity index (χ1v) is 5.36. The van der Waals surface area contributed by atoms with E-state index in [4.69, 9.17) is 4.74 Å². The summed E-state index contributed by atoms with van der Waals surface area (Å²) in [6.45, 7) is 1.10. The summed E-state index contributed by atoms with van der Waals surface area (Å²) >= 11 is 0. The van der Waals surface area contributed by atoms with Gasteiger partial charge < -0.3 is 9.47 Å². The second-order valence-electron chi connectivity index (χ2n) is 3.40. The zero-order chi connectivity index (χ0) is 11.6. The molecular formula is C12H17NO3. The highest BCUT2D eigenvalue weighted by atomic mass is 16.5.